The van der Waals surface area contributed by atoms with E-state index >= 15 is 0 Å². The number of aromatic amines is 1. The smallest absolute Gasteiger partial charge is 0.255 e. The van der Waals surface area contributed by atoms with Crippen LogP contribution < -0.4 is 15.4 Å². The average molecular weight is 516 g/mol. The number of ether oxygens (including phenoxy) is 3. The highest BCUT2D eigenvalue weighted by molar-refractivity contribution is 7.98. The molecule has 2 atom stereocenters. The summed E-state index contributed by atoms with van der Waals surface area (Å²) in [5.41, 5.74) is 3.99. The number of methoxy groups -OCH3 is 1. The van der Waals surface area contributed by atoms with Crippen LogP contribution in [-0.2, 0) is 9.47 Å². The number of fused-ring (bicyclic) bond motifs is 1. The Kier molecular flexibility index (Phi) is 7.14. The van der Waals surface area contributed by atoms with Crippen LogP contribution in [0, 0.1) is 0 Å². The highest BCUT2D eigenvalue weighted by Crippen LogP contribution is 2.43. The number of benzene rings is 1. The topological polar surface area (TPSA) is 110 Å². The largest absolute Gasteiger partial charge is 0.493 e. The van der Waals surface area contributed by atoms with E-state index in [-0.39, 0.29) is 17.9 Å². The van der Waals surface area contributed by atoms with E-state index in [1.54, 1.807) is 19.4 Å². The highest BCUT2D eigenvalue weighted by atomic mass is 35.5. The lowest BCUT2D eigenvalue weighted by molar-refractivity contribution is -0.0928. The van der Waals surface area contributed by atoms with E-state index in [0.717, 1.165) is 5.69 Å². The predicted octanol–water partition coefficient (Wildman–Crippen LogP) is 4.23. The molecule has 0 aliphatic carbocycles. The second kappa shape index (κ2) is 10.4. The maximum atomic E-state index is 13.2. The number of thioether (sulfide) groups is 1. The molecule has 0 spiro atoms. The maximum Gasteiger partial charge on any atom is 0.255 e. The lowest BCUT2D eigenvalue weighted by atomic mass is 9.91. The van der Waals surface area contributed by atoms with Gasteiger partial charge < -0.3 is 29.8 Å². The number of para-hydroxylation sites is 1. The SMILES string of the molecule is COc1c(Cl)cccc1Nc1c(-c2ccnc(SC)n2)[nH]c2c1C(=O)NCC2C[C@@H]1COCCO1. The maximum absolute atomic E-state index is 13.2. The third kappa shape index (κ3) is 4.84. The minimum Gasteiger partial charge on any atom is -0.493 e. The first-order valence-electron chi connectivity index (χ1n) is 11.3. The first-order valence-corrected chi connectivity index (χ1v) is 12.9. The van der Waals surface area contributed by atoms with Gasteiger partial charge in [-0.3, -0.25) is 4.79 Å². The minimum atomic E-state index is -0.165. The Bertz CT molecular complexity index is 1230. The molecule has 0 bridgehead atoms. The third-order valence-electron chi connectivity index (χ3n) is 6.11. The molecule has 1 fully saturated rings. The van der Waals surface area contributed by atoms with Crippen molar-refractivity contribution in [2.75, 3.05) is 45.0 Å². The second-order valence-corrected chi connectivity index (χ2v) is 9.43. The van der Waals surface area contributed by atoms with Crippen molar-refractivity contribution in [3.63, 3.8) is 0 Å². The van der Waals surface area contributed by atoms with Crippen molar-refractivity contribution in [3.8, 4) is 17.1 Å². The highest BCUT2D eigenvalue weighted by Gasteiger charge is 2.35. The van der Waals surface area contributed by atoms with Crippen LogP contribution in [0.3, 0.4) is 0 Å². The van der Waals surface area contributed by atoms with Crippen LogP contribution >= 0.6 is 23.4 Å². The van der Waals surface area contributed by atoms with Crippen molar-refractivity contribution < 1.29 is 19.0 Å². The minimum absolute atomic E-state index is 0.0202. The summed E-state index contributed by atoms with van der Waals surface area (Å²) in [4.78, 5) is 25.7. The lowest BCUT2D eigenvalue weighted by Crippen LogP contribution is -2.38. The molecule has 0 radical (unpaired) electrons. The lowest BCUT2D eigenvalue weighted by Gasteiger charge is -2.29. The molecule has 3 aromatic rings. The van der Waals surface area contributed by atoms with Crippen molar-refractivity contribution in [3.05, 3.63) is 46.7 Å². The van der Waals surface area contributed by atoms with Crippen molar-refractivity contribution in [1.82, 2.24) is 20.3 Å². The zero-order valence-corrected chi connectivity index (χ0v) is 21.0. The van der Waals surface area contributed by atoms with E-state index in [2.05, 4.69) is 25.6 Å². The fourth-order valence-corrected chi connectivity index (χ4v) is 5.11. The van der Waals surface area contributed by atoms with Gasteiger partial charge in [0.25, 0.3) is 5.91 Å². The van der Waals surface area contributed by atoms with Crippen LogP contribution in [0.1, 0.15) is 28.4 Å². The summed E-state index contributed by atoms with van der Waals surface area (Å²) in [7, 11) is 1.56. The van der Waals surface area contributed by atoms with Gasteiger partial charge in [0, 0.05) is 24.4 Å². The van der Waals surface area contributed by atoms with Gasteiger partial charge in [0.05, 0.1) is 66.4 Å². The molecule has 5 rings (SSSR count). The summed E-state index contributed by atoms with van der Waals surface area (Å²) >= 11 is 7.82. The number of anilines is 2. The molecule has 1 saturated heterocycles. The molecule has 2 aliphatic rings. The van der Waals surface area contributed by atoms with Crippen LogP contribution in [0.4, 0.5) is 11.4 Å². The van der Waals surface area contributed by atoms with Crippen LogP contribution in [-0.4, -0.2) is 66.7 Å². The van der Waals surface area contributed by atoms with Gasteiger partial charge in [-0.05, 0) is 30.9 Å². The van der Waals surface area contributed by atoms with Crippen molar-refractivity contribution in [2.24, 2.45) is 0 Å². The van der Waals surface area contributed by atoms with Crippen LogP contribution in [0.25, 0.3) is 11.4 Å². The Morgan fingerprint density at radius 3 is 2.97 bits per heavy atom. The number of nitrogens with zero attached hydrogens (tertiary/aromatic N) is 2. The van der Waals surface area contributed by atoms with Gasteiger partial charge in [-0.1, -0.05) is 29.4 Å². The number of hydrogen-bond donors (Lipinski definition) is 3. The number of carbonyl (C=O) groups is 1. The molecular formula is C24H26ClN5O4S. The van der Waals surface area contributed by atoms with Crippen LogP contribution in [0.15, 0.2) is 35.6 Å². The standard InChI is InChI=1S/C24H26ClN5O4S/c1-32-22-15(25)4-3-5-17(22)28-21-18-19(30-20(21)16-6-7-26-24(29-16)35-2)13(11-27-23(18)31)10-14-12-33-8-9-34-14/h3-7,13-14,28,30H,8-12H2,1-2H3,(H,27,31)/t13?,14-/m1/s1. The summed E-state index contributed by atoms with van der Waals surface area (Å²) < 4.78 is 17.0. The Morgan fingerprint density at radius 1 is 1.31 bits per heavy atom. The Hall–Kier alpha value is -2.79. The third-order valence-corrected chi connectivity index (χ3v) is 6.97. The molecule has 3 N–H and O–H groups in total. The molecular weight excluding hydrogens is 490 g/mol. The monoisotopic (exact) mass is 515 g/mol. The number of halogens is 1. The molecule has 1 amide bonds. The number of rotatable bonds is 7. The average Bonchev–Trinajstić information content (AvgIpc) is 3.27. The molecule has 1 aromatic carbocycles. The molecule has 2 aromatic heterocycles. The zero-order chi connectivity index (χ0) is 24.4. The molecule has 184 valence electrons. The van der Waals surface area contributed by atoms with Gasteiger partial charge >= 0.3 is 0 Å². The van der Waals surface area contributed by atoms with Crippen LogP contribution in [0.2, 0.25) is 5.02 Å². The Morgan fingerprint density at radius 2 is 2.20 bits per heavy atom. The molecule has 35 heavy (non-hydrogen) atoms. The van der Waals surface area contributed by atoms with E-state index in [1.807, 2.05) is 24.5 Å². The van der Waals surface area contributed by atoms with Crippen molar-refractivity contribution >= 4 is 40.6 Å². The molecule has 9 nitrogen and oxygen atoms in total. The number of H-pyrrole nitrogens is 1. The number of hydrogen-bond acceptors (Lipinski definition) is 8. The zero-order valence-electron chi connectivity index (χ0n) is 19.4. The quantitative estimate of drug-likeness (QED) is 0.317. The van der Waals surface area contributed by atoms with Crippen molar-refractivity contribution in [1.29, 1.82) is 0 Å². The summed E-state index contributed by atoms with van der Waals surface area (Å²) in [5.74, 6) is 0.345. The van der Waals surface area contributed by atoms with E-state index < -0.39 is 0 Å². The van der Waals surface area contributed by atoms with Gasteiger partial charge in [0.1, 0.15) is 0 Å². The van der Waals surface area contributed by atoms with Gasteiger partial charge in [-0.15, -0.1) is 0 Å². The molecule has 2 aliphatic heterocycles. The summed E-state index contributed by atoms with van der Waals surface area (Å²) in [6.07, 6.45) is 4.31. The molecule has 11 heteroatoms. The van der Waals surface area contributed by atoms with Crippen molar-refractivity contribution in [2.45, 2.75) is 23.6 Å². The number of amides is 1. The van der Waals surface area contributed by atoms with E-state index in [4.69, 9.17) is 25.8 Å². The molecule has 0 saturated carbocycles. The number of aromatic nitrogens is 3. The number of carbonyl (C=O) groups excluding carboxylic acids is 1. The fraction of sp³-hybridized carbons (Fsp3) is 0.375. The predicted molar refractivity (Wildman–Crippen MR) is 135 cm³/mol. The first kappa shape index (κ1) is 23.9. The van der Waals surface area contributed by atoms with E-state index in [0.29, 0.717) is 77.0 Å². The van der Waals surface area contributed by atoms with Gasteiger partial charge in [0.2, 0.25) is 0 Å². The Labute approximate surface area is 212 Å². The van der Waals surface area contributed by atoms with Gasteiger partial charge in [0.15, 0.2) is 10.9 Å². The number of nitrogens with one attached hydrogen (secondary N) is 3. The summed E-state index contributed by atoms with van der Waals surface area (Å²) in [5, 5.41) is 7.55. The summed E-state index contributed by atoms with van der Waals surface area (Å²) in [6, 6.07) is 7.25. The fourth-order valence-electron chi connectivity index (χ4n) is 4.50. The normalized spacial score (nSPS) is 19.7. The van der Waals surface area contributed by atoms with E-state index in [1.165, 1.54) is 11.8 Å². The molecule has 1 unspecified atom stereocenters. The van der Waals surface area contributed by atoms with E-state index in [9.17, 15) is 4.79 Å². The van der Waals surface area contributed by atoms with Gasteiger partial charge in [-0.25, -0.2) is 9.97 Å². The Balaban J connectivity index is 1.62. The first-order chi connectivity index (χ1) is 17.1. The summed E-state index contributed by atoms with van der Waals surface area (Å²) in [6.45, 7) is 2.23. The molecule has 4 heterocycles. The van der Waals surface area contributed by atoms with Crippen LogP contribution in [0.5, 0.6) is 5.75 Å². The van der Waals surface area contributed by atoms with Gasteiger partial charge in [-0.2, -0.15) is 0 Å². The second-order valence-electron chi connectivity index (χ2n) is 8.25.